The van der Waals surface area contributed by atoms with Gasteiger partial charge in [-0.25, -0.2) is 0 Å². The lowest BCUT2D eigenvalue weighted by atomic mass is 10.1. The van der Waals surface area contributed by atoms with Crippen molar-refractivity contribution in [2.24, 2.45) is 0 Å². The van der Waals surface area contributed by atoms with Crippen molar-refractivity contribution >= 4 is 28.2 Å². The smallest absolute Gasteiger partial charge is 0.0766 e. The van der Waals surface area contributed by atoms with Crippen molar-refractivity contribution < 1.29 is 5.11 Å². The molecule has 0 fully saturated rings. The molecule has 0 aliphatic carbocycles. The van der Waals surface area contributed by atoms with E-state index in [0.29, 0.717) is 0 Å². The molecular weight excluding hydrogens is 308 g/mol. The van der Waals surface area contributed by atoms with Crippen LogP contribution >= 0.6 is 11.6 Å². The lowest BCUT2D eigenvalue weighted by molar-refractivity contribution is 0.289. The van der Waals surface area contributed by atoms with Gasteiger partial charge in [-0.1, -0.05) is 35.9 Å². The summed E-state index contributed by atoms with van der Waals surface area (Å²) in [6.07, 6.45) is 2.52. The summed E-state index contributed by atoms with van der Waals surface area (Å²) in [5.74, 6) is 0. The molecule has 2 aromatic carbocycles. The highest BCUT2D eigenvalue weighted by molar-refractivity contribution is 6.35. The van der Waals surface area contributed by atoms with Crippen LogP contribution in [0.2, 0.25) is 5.02 Å². The molecule has 3 nitrogen and oxygen atoms in total. The predicted molar refractivity (Wildman–Crippen MR) is 95.9 cm³/mol. The Hall–Kier alpha value is -2.10. The van der Waals surface area contributed by atoms with Crippen molar-refractivity contribution in [2.75, 3.05) is 18.1 Å². The molecule has 23 heavy (non-hydrogen) atoms. The third-order valence-electron chi connectivity index (χ3n) is 3.87. The van der Waals surface area contributed by atoms with Crippen LogP contribution in [0.1, 0.15) is 12.0 Å². The van der Waals surface area contributed by atoms with Gasteiger partial charge in [0.2, 0.25) is 0 Å². The molecule has 0 bridgehead atoms. The summed E-state index contributed by atoms with van der Waals surface area (Å²) in [6.45, 7) is 1.70. The third-order valence-corrected chi connectivity index (χ3v) is 4.20. The van der Waals surface area contributed by atoms with E-state index in [0.717, 1.165) is 46.7 Å². The highest BCUT2D eigenvalue weighted by atomic mass is 35.5. The van der Waals surface area contributed by atoms with Crippen LogP contribution in [0.4, 0.5) is 5.69 Å². The molecule has 0 saturated heterocycles. The van der Waals surface area contributed by atoms with E-state index in [-0.39, 0.29) is 6.61 Å². The van der Waals surface area contributed by atoms with E-state index in [4.69, 9.17) is 11.6 Å². The van der Waals surface area contributed by atoms with Gasteiger partial charge >= 0.3 is 0 Å². The van der Waals surface area contributed by atoms with Crippen LogP contribution in [-0.2, 0) is 6.54 Å². The highest BCUT2D eigenvalue weighted by Gasteiger charge is 2.11. The largest absolute Gasteiger partial charge is 0.396 e. The van der Waals surface area contributed by atoms with Gasteiger partial charge in [0.25, 0.3) is 0 Å². The van der Waals surface area contributed by atoms with Crippen molar-refractivity contribution in [2.45, 2.75) is 13.0 Å². The van der Waals surface area contributed by atoms with E-state index in [9.17, 15) is 5.11 Å². The van der Waals surface area contributed by atoms with E-state index in [1.54, 1.807) is 6.20 Å². The second-order valence-corrected chi connectivity index (χ2v) is 5.85. The Kier molecular flexibility index (Phi) is 5.11. The van der Waals surface area contributed by atoms with E-state index >= 15 is 0 Å². The zero-order valence-electron chi connectivity index (χ0n) is 12.8. The van der Waals surface area contributed by atoms with Crippen LogP contribution in [0.3, 0.4) is 0 Å². The minimum absolute atomic E-state index is 0.183. The zero-order valence-corrected chi connectivity index (χ0v) is 13.6. The minimum Gasteiger partial charge on any atom is -0.396 e. The molecule has 1 heterocycles. The number of nitrogens with zero attached hydrogens (tertiary/aromatic N) is 2. The second kappa shape index (κ2) is 7.44. The first-order valence-electron chi connectivity index (χ1n) is 7.72. The number of aliphatic hydroxyl groups is 1. The topological polar surface area (TPSA) is 36.4 Å². The molecular formula is C19H19ClN2O. The summed E-state index contributed by atoms with van der Waals surface area (Å²) >= 11 is 6.28. The number of pyridine rings is 1. The van der Waals surface area contributed by atoms with Crippen molar-refractivity contribution in [3.8, 4) is 0 Å². The highest BCUT2D eigenvalue weighted by Crippen LogP contribution is 2.27. The second-order valence-electron chi connectivity index (χ2n) is 5.44. The van der Waals surface area contributed by atoms with Gasteiger partial charge in [-0.05, 0) is 42.3 Å². The maximum Gasteiger partial charge on any atom is 0.0766 e. The first-order chi connectivity index (χ1) is 11.3. The molecule has 0 saturated carbocycles. The SMILES string of the molecule is OCCCN(Cc1ccc(Cl)c2cccnc12)c1ccccc1. The fraction of sp³-hybridized carbons (Fsp3) is 0.211. The molecule has 1 aromatic heterocycles. The number of hydrogen-bond acceptors (Lipinski definition) is 3. The maximum absolute atomic E-state index is 9.18. The number of fused-ring (bicyclic) bond motifs is 1. The lowest BCUT2D eigenvalue weighted by Crippen LogP contribution is -2.24. The fourth-order valence-electron chi connectivity index (χ4n) is 2.73. The predicted octanol–water partition coefficient (Wildman–Crippen LogP) is 4.28. The molecule has 1 N–H and O–H groups in total. The molecule has 0 unspecified atom stereocenters. The number of aliphatic hydroxyl groups excluding tert-OH is 1. The fourth-order valence-corrected chi connectivity index (χ4v) is 2.94. The van der Waals surface area contributed by atoms with E-state index in [1.165, 1.54) is 0 Å². The number of para-hydroxylation sites is 1. The van der Waals surface area contributed by atoms with Crippen LogP contribution < -0.4 is 4.90 Å². The standard InChI is InChI=1S/C19H19ClN2O/c20-18-10-9-15(19-17(18)8-4-11-21-19)14-22(12-5-13-23)16-6-2-1-3-7-16/h1-4,6-11,23H,5,12-14H2. The number of aromatic nitrogens is 1. The Balaban J connectivity index is 1.95. The zero-order chi connectivity index (χ0) is 16.1. The minimum atomic E-state index is 0.183. The maximum atomic E-state index is 9.18. The summed E-state index contributed by atoms with van der Waals surface area (Å²) in [4.78, 5) is 6.77. The van der Waals surface area contributed by atoms with Gasteiger partial charge in [0.1, 0.15) is 0 Å². The van der Waals surface area contributed by atoms with Crippen molar-refractivity contribution in [3.05, 3.63) is 71.4 Å². The normalized spacial score (nSPS) is 10.9. The quantitative estimate of drug-likeness (QED) is 0.734. The third kappa shape index (κ3) is 3.63. The summed E-state index contributed by atoms with van der Waals surface area (Å²) in [6, 6.07) is 18.1. The molecule has 3 aromatic rings. The Morgan fingerprint density at radius 3 is 2.61 bits per heavy atom. The number of halogens is 1. The Morgan fingerprint density at radius 1 is 1.00 bits per heavy atom. The average molecular weight is 327 g/mol. The van der Waals surface area contributed by atoms with E-state index in [2.05, 4.69) is 22.0 Å². The van der Waals surface area contributed by atoms with Gasteiger partial charge < -0.3 is 10.0 Å². The van der Waals surface area contributed by atoms with Gasteiger partial charge in [0.05, 0.1) is 5.52 Å². The van der Waals surface area contributed by atoms with Crippen molar-refractivity contribution in [3.63, 3.8) is 0 Å². The monoisotopic (exact) mass is 326 g/mol. The summed E-state index contributed by atoms with van der Waals surface area (Å²) in [5, 5.41) is 10.9. The van der Waals surface area contributed by atoms with E-state index < -0.39 is 0 Å². The number of benzene rings is 2. The summed E-state index contributed by atoms with van der Waals surface area (Å²) in [5.41, 5.74) is 3.21. The van der Waals surface area contributed by atoms with Crippen LogP contribution in [0, 0.1) is 0 Å². The van der Waals surface area contributed by atoms with Gasteiger partial charge in [0.15, 0.2) is 0 Å². The lowest BCUT2D eigenvalue weighted by Gasteiger charge is -2.25. The summed E-state index contributed by atoms with van der Waals surface area (Å²) in [7, 11) is 0. The molecule has 3 rings (SSSR count). The first kappa shape index (κ1) is 15.8. The van der Waals surface area contributed by atoms with Gasteiger partial charge in [-0.2, -0.15) is 0 Å². The summed E-state index contributed by atoms with van der Waals surface area (Å²) < 4.78 is 0. The molecule has 0 spiro atoms. The van der Waals surface area contributed by atoms with Gasteiger partial charge in [-0.15, -0.1) is 0 Å². The van der Waals surface area contributed by atoms with Gasteiger partial charge in [0, 0.05) is 42.0 Å². The first-order valence-corrected chi connectivity index (χ1v) is 8.10. The van der Waals surface area contributed by atoms with Crippen LogP contribution in [0.25, 0.3) is 10.9 Å². The van der Waals surface area contributed by atoms with Gasteiger partial charge in [-0.3, -0.25) is 4.98 Å². The van der Waals surface area contributed by atoms with Crippen LogP contribution in [-0.4, -0.2) is 23.2 Å². The van der Waals surface area contributed by atoms with E-state index in [1.807, 2.05) is 42.5 Å². The van der Waals surface area contributed by atoms with Crippen molar-refractivity contribution in [1.29, 1.82) is 0 Å². The van der Waals surface area contributed by atoms with Crippen molar-refractivity contribution in [1.82, 2.24) is 4.98 Å². The van der Waals surface area contributed by atoms with Crippen LogP contribution in [0.15, 0.2) is 60.8 Å². The average Bonchev–Trinajstić information content (AvgIpc) is 2.61. The number of hydrogen-bond donors (Lipinski definition) is 1. The number of rotatable bonds is 6. The Morgan fingerprint density at radius 2 is 1.83 bits per heavy atom. The molecule has 0 atom stereocenters. The Bertz CT molecular complexity index is 777. The molecule has 0 amide bonds. The molecule has 118 valence electrons. The molecule has 0 radical (unpaired) electrons. The molecule has 0 aliphatic rings. The number of anilines is 1. The molecule has 4 heteroatoms. The Labute approximate surface area is 141 Å². The van der Waals surface area contributed by atoms with Crippen LogP contribution in [0.5, 0.6) is 0 Å². The molecule has 0 aliphatic heterocycles.